The lowest BCUT2D eigenvalue weighted by Gasteiger charge is -2.21. The van der Waals surface area contributed by atoms with Gasteiger partial charge in [-0.25, -0.2) is 9.99 Å². The van der Waals surface area contributed by atoms with Crippen LogP contribution in [0.2, 0.25) is 0 Å². The van der Waals surface area contributed by atoms with Gasteiger partial charge in [-0.2, -0.15) is 5.10 Å². The van der Waals surface area contributed by atoms with Crippen LogP contribution in [0.5, 0.6) is 0 Å². The SMILES string of the molecule is Cc1ccc([C@H]2CC(c3cccs3)=NN2c2nc(C)cs2)cc1. The van der Waals surface area contributed by atoms with Crippen molar-refractivity contribution in [2.24, 2.45) is 5.10 Å². The van der Waals surface area contributed by atoms with E-state index in [0.717, 1.165) is 23.0 Å². The van der Waals surface area contributed by atoms with Crippen molar-refractivity contribution in [2.45, 2.75) is 26.3 Å². The lowest BCUT2D eigenvalue weighted by molar-refractivity contribution is 0.705. The second-order valence-electron chi connectivity index (χ2n) is 5.77. The van der Waals surface area contributed by atoms with Crippen LogP contribution in [0.3, 0.4) is 0 Å². The van der Waals surface area contributed by atoms with Gasteiger partial charge in [0.15, 0.2) is 0 Å². The molecule has 2 aromatic heterocycles. The van der Waals surface area contributed by atoms with Gasteiger partial charge in [0.25, 0.3) is 0 Å². The molecule has 0 saturated carbocycles. The molecule has 0 radical (unpaired) electrons. The molecule has 3 aromatic rings. The van der Waals surface area contributed by atoms with Crippen molar-refractivity contribution in [2.75, 3.05) is 5.01 Å². The van der Waals surface area contributed by atoms with Gasteiger partial charge in [0.2, 0.25) is 5.13 Å². The van der Waals surface area contributed by atoms with E-state index in [2.05, 4.69) is 64.1 Å². The van der Waals surface area contributed by atoms with Gasteiger partial charge in [0, 0.05) is 11.8 Å². The summed E-state index contributed by atoms with van der Waals surface area (Å²) in [5, 5.41) is 12.2. The summed E-state index contributed by atoms with van der Waals surface area (Å²) in [5.41, 5.74) is 4.77. The second-order valence-corrected chi connectivity index (χ2v) is 7.55. The molecule has 116 valence electrons. The van der Waals surface area contributed by atoms with Crippen molar-refractivity contribution in [3.8, 4) is 0 Å². The van der Waals surface area contributed by atoms with Crippen molar-refractivity contribution in [3.05, 3.63) is 68.9 Å². The minimum atomic E-state index is 0.221. The van der Waals surface area contributed by atoms with Crippen LogP contribution in [0.4, 0.5) is 5.13 Å². The first-order valence-electron chi connectivity index (χ1n) is 7.60. The van der Waals surface area contributed by atoms with Crippen molar-refractivity contribution < 1.29 is 0 Å². The first kappa shape index (κ1) is 14.6. The van der Waals surface area contributed by atoms with E-state index >= 15 is 0 Å². The van der Waals surface area contributed by atoms with Crippen molar-refractivity contribution in [1.82, 2.24) is 4.98 Å². The Bertz CT molecular complexity index is 832. The minimum absolute atomic E-state index is 0.221. The summed E-state index contributed by atoms with van der Waals surface area (Å²) in [5.74, 6) is 0. The molecule has 23 heavy (non-hydrogen) atoms. The summed E-state index contributed by atoms with van der Waals surface area (Å²) in [6.45, 7) is 4.15. The number of thiophene rings is 1. The average molecular weight is 339 g/mol. The third kappa shape index (κ3) is 2.82. The first-order chi connectivity index (χ1) is 11.2. The molecule has 0 amide bonds. The highest BCUT2D eigenvalue weighted by atomic mass is 32.1. The molecule has 1 aliphatic rings. The van der Waals surface area contributed by atoms with Crippen molar-refractivity contribution in [3.63, 3.8) is 0 Å². The van der Waals surface area contributed by atoms with Gasteiger partial charge in [-0.15, -0.1) is 22.7 Å². The van der Waals surface area contributed by atoms with E-state index in [9.17, 15) is 0 Å². The third-order valence-corrected chi connectivity index (χ3v) is 5.85. The number of thiazole rings is 1. The van der Waals surface area contributed by atoms with Crippen LogP contribution in [0, 0.1) is 13.8 Å². The second kappa shape index (κ2) is 5.91. The van der Waals surface area contributed by atoms with Gasteiger partial charge in [-0.3, -0.25) is 0 Å². The van der Waals surface area contributed by atoms with Gasteiger partial charge in [0.05, 0.1) is 22.3 Å². The monoisotopic (exact) mass is 339 g/mol. The molecule has 0 fully saturated rings. The van der Waals surface area contributed by atoms with Crippen molar-refractivity contribution >= 4 is 33.5 Å². The van der Waals surface area contributed by atoms with E-state index in [0.29, 0.717) is 0 Å². The first-order valence-corrected chi connectivity index (χ1v) is 9.36. The third-order valence-electron chi connectivity index (χ3n) is 3.98. The van der Waals surface area contributed by atoms with E-state index < -0.39 is 0 Å². The maximum Gasteiger partial charge on any atom is 0.206 e. The number of hydrogen-bond donors (Lipinski definition) is 0. The molecule has 5 heteroatoms. The summed E-state index contributed by atoms with van der Waals surface area (Å²) < 4.78 is 0. The lowest BCUT2D eigenvalue weighted by atomic mass is 10.0. The smallest absolute Gasteiger partial charge is 0.206 e. The normalized spacial score (nSPS) is 17.6. The molecule has 3 nitrogen and oxygen atoms in total. The van der Waals surface area contributed by atoms with Crippen LogP contribution in [0.15, 0.2) is 52.3 Å². The van der Waals surface area contributed by atoms with Crippen molar-refractivity contribution in [1.29, 1.82) is 0 Å². The molecule has 1 atom stereocenters. The molecule has 3 heterocycles. The van der Waals surface area contributed by atoms with Crippen LogP contribution < -0.4 is 5.01 Å². The van der Waals surface area contributed by atoms with E-state index in [1.54, 1.807) is 22.7 Å². The number of hydrogen-bond acceptors (Lipinski definition) is 5. The fourth-order valence-electron chi connectivity index (χ4n) is 2.77. The number of anilines is 1. The molecule has 0 spiro atoms. The highest BCUT2D eigenvalue weighted by Crippen LogP contribution is 2.38. The summed E-state index contributed by atoms with van der Waals surface area (Å²) in [6.07, 6.45) is 0.919. The number of hydrazone groups is 1. The van der Waals surface area contributed by atoms with Gasteiger partial charge < -0.3 is 0 Å². The maximum absolute atomic E-state index is 4.90. The Hall–Kier alpha value is -1.98. The van der Waals surface area contributed by atoms with Crippen LogP contribution in [0.25, 0.3) is 0 Å². The number of benzene rings is 1. The zero-order valence-corrected chi connectivity index (χ0v) is 14.7. The summed E-state index contributed by atoms with van der Waals surface area (Å²) >= 11 is 3.41. The molecular formula is C18H17N3S2. The number of aryl methyl sites for hydroxylation is 2. The molecule has 0 saturated heterocycles. The van der Waals surface area contributed by atoms with Gasteiger partial charge in [-0.1, -0.05) is 35.9 Å². The zero-order chi connectivity index (χ0) is 15.8. The summed E-state index contributed by atoms with van der Waals surface area (Å²) in [6, 6.07) is 13.2. The van der Waals surface area contributed by atoms with E-state index in [1.165, 1.54) is 16.0 Å². The number of rotatable bonds is 3. The molecule has 0 bridgehead atoms. The molecule has 0 N–H and O–H groups in total. The summed E-state index contributed by atoms with van der Waals surface area (Å²) in [7, 11) is 0. The van der Waals surface area contributed by atoms with E-state index in [4.69, 9.17) is 5.10 Å². The van der Waals surface area contributed by atoms with Gasteiger partial charge in [0.1, 0.15) is 0 Å². The Morgan fingerprint density at radius 1 is 1.09 bits per heavy atom. The summed E-state index contributed by atoms with van der Waals surface area (Å²) in [4.78, 5) is 5.89. The minimum Gasteiger partial charge on any atom is -0.231 e. The van der Waals surface area contributed by atoms with Crippen LogP contribution in [-0.2, 0) is 0 Å². The highest BCUT2D eigenvalue weighted by molar-refractivity contribution is 7.13. The lowest BCUT2D eigenvalue weighted by Crippen LogP contribution is -2.18. The Labute approximate surface area is 143 Å². The predicted molar refractivity (Wildman–Crippen MR) is 98.7 cm³/mol. The standard InChI is InChI=1S/C18H17N3S2/c1-12-5-7-14(8-6-12)16-10-15(17-4-3-9-22-17)20-21(16)18-19-13(2)11-23-18/h3-9,11,16H,10H2,1-2H3/t16-/m1/s1. The number of nitrogens with zero attached hydrogens (tertiary/aromatic N) is 3. The van der Waals surface area contributed by atoms with E-state index in [-0.39, 0.29) is 6.04 Å². The fourth-order valence-corrected chi connectivity index (χ4v) is 4.30. The van der Waals surface area contributed by atoms with Gasteiger partial charge in [-0.05, 0) is 30.9 Å². The fraction of sp³-hybridized carbons (Fsp3) is 0.222. The molecule has 0 unspecified atom stereocenters. The topological polar surface area (TPSA) is 28.5 Å². The molecule has 1 aromatic carbocycles. The van der Waals surface area contributed by atoms with Crippen LogP contribution >= 0.6 is 22.7 Å². The molecular weight excluding hydrogens is 322 g/mol. The molecule has 4 rings (SSSR count). The number of aromatic nitrogens is 1. The zero-order valence-electron chi connectivity index (χ0n) is 13.1. The van der Waals surface area contributed by atoms with Crippen LogP contribution in [-0.4, -0.2) is 10.7 Å². The average Bonchev–Trinajstić information content (AvgIpc) is 3.27. The van der Waals surface area contributed by atoms with E-state index in [1.807, 2.05) is 6.92 Å². The Kier molecular flexibility index (Phi) is 3.75. The Morgan fingerprint density at radius 3 is 2.57 bits per heavy atom. The van der Waals surface area contributed by atoms with Crippen LogP contribution in [0.1, 0.15) is 34.2 Å². The maximum atomic E-state index is 4.90. The Balaban J connectivity index is 1.74. The Morgan fingerprint density at radius 2 is 1.91 bits per heavy atom. The predicted octanol–water partition coefficient (Wildman–Crippen LogP) is 5.18. The quantitative estimate of drug-likeness (QED) is 0.658. The highest BCUT2D eigenvalue weighted by Gasteiger charge is 2.31. The van der Waals surface area contributed by atoms with Gasteiger partial charge >= 0.3 is 0 Å². The molecule has 1 aliphatic heterocycles. The largest absolute Gasteiger partial charge is 0.231 e. The molecule has 0 aliphatic carbocycles.